The van der Waals surface area contributed by atoms with Gasteiger partial charge >= 0.3 is 0 Å². The molecule has 0 heterocycles. The van der Waals surface area contributed by atoms with Crippen LogP contribution in [0, 0.1) is 0 Å². The van der Waals surface area contributed by atoms with E-state index in [0.717, 1.165) is 18.4 Å². The largest absolute Gasteiger partial charge is 0.493 e. The second-order valence-electron chi connectivity index (χ2n) is 5.61. The lowest BCUT2D eigenvalue weighted by Crippen LogP contribution is -2.30. The lowest BCUT2D eigenvalue weighted by molar-refractivity contribution is -0.117. The molecule has 0 saturated heterocycles. The number of methoxy groups -OCH3 is 1. The molecule has 0 aromatic heterocycles. The molecular formula is C18H27NO3. The van der Waals surface area contributed by atoms with Crippen molar-refractivity contribution in [1.29, 1.82) is 0 Å². The van der Waals surface area contributed by atoms with Crippen molar-refractivity contribution in [2.24, 2.45) is 0 Å². The van der Waals surface area contributed by atoms with E-state index in [0.29, 0.717) is 11.5 Å². The third-order valence-electron chi connectivity index (χ3n) is 3.09. The average Bonchev–Trinajstić information content (AvgIpc) is 2.45. The van der Waals surface area contributed by atoms with Gasteiger partial charge < -0.3 is 14.8 Å². The van der Waals surface area contributed by atoms with Crippen LogP contribution in [-0.2, 0) is 4.79 Å². The summed E-state index contributed by atoms with van der Waals surface area (Å²) in [5.74, 6) is 1.29. The zero-order chi connectivity index (χ0) is 16.5. The molecule has 1 rings (SSSR count). The Morgan fingerprint density at radius 3 is 2.59 bits per heavy atom. The highest BCUT2D eigenvalue weighted by molar-refractivity contribution is 5.91. The topological polar surface area (TPSA) is 47.6 Å². The molecule has 0 aliphatic carbocycles. The Balaban J connectivity index is 2.73. The highest BCUT2D eigenvalue weighted by Crippen LogP contribution is 2.29. The molecule has 1 N–H and O–H groups in total. The lowest BCUT2D eigenvalue weighted by Gasteiger charge is -2.13. The van der Waals surface area contributed by atoms with E-state index in [1.807, 2.05) is 39.0 Å². The predicted octanol–water partition coefficient (Wildman–Crippen LogP) is 3.80. The van der Waals surface area contributed by atoms with Crippen molar-refractivity contribution in [1.82, 2.24) is 5.32 Å². The molecule has 0 bridgehead atoms. The van der Waals surface area contributed by atoms with Crippen molar-refractivity contribution >= 4 is 12.0 Å². The first-order valence-electron chi connectivity index (χ1n) is 7.79. The molecule has 0 aliphatic rings. The smallest absolute Gasteiger partial charge is 0.244 e. The number of nitrogens with one attached hydrogen (secondary N) is 1. The zero-order valence-corrected chi connectivity index (χ0v) is 14.2. The van der Waals surface area contributed by atoms with Crippen LogP contribution in [0.15, 0.2) is 24.3 Å². The number of ether oxygens (including phenoxy) is 2. The molecule has 22 heavy (non-hydrogen) atoms. The Labute approximate surface area is 133 Å². The molecule has 0 spiro atoms. The number of amides is 1. The summed E-state index contributed by atoms with van der Waals surface area (Å²) in [5.41, 5.74) is 0.895. The Hall–Kier alpha value is -1.97. The molecule has 1 atom stereocenters. The van der Waals surface area contributed by atoms with Crippen molar-refractivity contribution in [3.05, 3.63) is 29.8 Å². The van der Waals surface area contributed by atoms with E-state index >= 15 is 0 Å². The Kier molecular flexibility index (Phi) is 7.50. The van der Waals surface area contributed by atoms with Crippen LogP contribution in [0.2, 0.25) is 0 Å². The van der Waals surface area contributed by atoms with Gasteiger partial charge in [0.25, 0.3) is 0 Å². The van der Waals surface area contributed by atoms with Gasteiger partial charge in [0, 0.05) is 12.1 Å². The number of carbonyl (C=O) groups is 1. The van der Waals surface area contributed by atoms with Crippen LogP contribution in [0.3, 0.4) is 0 Å². The second-order valence-corrected chi connectivity index (χ2v) is 5.61. The van der Waals surface area contributed by atoms with E-state index in [1.165, 1.54) is 0 Å². The van der Waals surface area contributed by atoms with Gasteiger partial charge in [0.15, 0.2) is 11.5 Å². The van der Waals surface area contributed by atoms with Crippen LogP contribution >= 0.6 is 0 Å². The third kappa shape index (κ3) is 6.20. The normalized spacial score (nSPS) is 12.5. The highest BCUT2D eigenvalue weighted by atomic mass is 16.5. The maximum Gasteiger partial charge on any atom is 0.244 e. The fraction of sp³-hybridized carbons (Fsp3) is 0.500. The number of hydrogen-bond donors (Lipinski definition) is 1. The molecular weight excluding hydrogens is 278 g/mol. The van der Waals surface area contributed by atoms with Gasteiger partial charge in [-0.3, -0.25) is 4.79 Å². The minimum Gasteiger partial charge on any atom is -0.493 e. The first kappa shape index (κ1) is 18.1. The molecule has 1 amide bonds. The summed E-state index contributed by atoms with van der Waals surface area (Å²) in [4.78, 5) is 11.8. The predicted molar refractivity (Wildman–Crippen MR) is 90.3 cm³/mol. The van der Waals surface area contributed by atoms with Gasteiger partial charge in [-0.05, 0) is 51.0 Å². The van der Waals surface area contributed by atoms with E-state index in [1.54, 1.807) is 19.3 Å². The monoisotopic (exact) mass is 305 g/mol. The summed E-state index contributed by atoms with van der Waals surface area (Å²) in [7, 11) is 1.61. The lowest BCUT2D eigenvalue weighted by atomic mass is 10.1. The van der Waals surface area contributed by atoms with Crippen molar-refractivity contribution in [3.8, 4) is 11.5 Å². The first-order valence-corrected chi connectivity index (χ1v) is 7.79. The number of rotatable bonds is 8. The van der Waals surface area contributed by atoms with Crippen molar-refractivity contribution < 1.29 is 14.3 Å². The highest BCUT2D eigenvalue weighted by Gasteiger charge is 2.07. The van der Waals surface area contributed by atoms with Gasteiger partial charge in [0.05, 0.1) is 13.2 Å². The van der Waals surface area contributed by atoms with Crippen molar-refractivity contribution in [2.45, 2.75) is 52.7 Å². The van der Waals surface area contributed by atoms with Gasteiger partial charge in [-0.25, -0.2) is 0 Å². The summed E-state index contributed by atoms with van der Waals surface area (Å²) < 4.78 is 11.0. The zero-order valence-electron chi connectivity index (χ0n) is 14.2. The van der Waals surface area contributed by atoms with Crippen LogP contribution in [0.5, 0.6) is 11.5 Å². The van der Waals surface area contributed by atoms with Crippen molar-refractivity contribution in [3.63, 3.8) is 0 Å². The van der Waals surface area contributed by atoms with Gasteiger partial charge in [0.1, 0.15) is 0 Å². The summed E-state index contributed by atoms with van der Waals surface area (Å²) in [5, 5.41) is 2.94. The Morgan fingerprint density at radius 1 is 1.27 bits per heavy atom. The van der Waals surface area contributed by atoms with E-state index in [2.05, 4.69) is 12.2 Å². The summed E-state index contributed by atoms with van der Waals surface area (Å²) in [6.07, 6.45) is 5.44. The van der Waals surface area contributed by atoms with Crippen molar-refractivity contribution in [2.75, 3.05) is 7.11 Å². The Bertz CT molecular complexity index is 509. The van der Waals surface area contributed by atoms with E-state index in [-0.39, 0.29) is 18.1 Å². The minimum absolute atomic E-state index is 0.0811. The van der Waals surface area contributed by atoms with E-state index in [4.69, 9.17) is 9.47 Å². The molecule has 1 aromatic rings. The maximum atomic E-state index is 11.8. The van der Waals surface area contributed by atoms with Gasteiger partial charge in [-0.2, -0.15) is 0 Å². The molecule has 1 aromatic carbocycles. The molecule has 0 saturated carbocycles. The average molecular weight is 305 g/mol. The molecule has 0 aliphatic heterocycles. The summed E-state index contributed by atoms with van der Waals surface area (Å²) in [6.45, 7) is 8.05. The Morgan fingerprint density at radius 2 is 2.00 bits per heavy atom. The fourth-order valence-electron chi connectivity index (χ4n) is 2.11. The van der Waals surface area contributed by atoms with E-state index in [9.17, 15) is 4.79 Å². The van der Waals surface area contributed by atoms with E-state index < -0.39 is 0 Å². The molecule has 0 fully saturated rings. The number of benzene rings is 1. The van der Waals surface area contributed by atoms with Gasteiger partial charge in [0.2, 0.25) is 5.91 Å². The molecule has 0 radical (unpaired) electrons. The fourth-order valence-corrected chi connectivity index (χ4v) is 2.11. The second kappa shape index (κ2) is 9.13. The molecule has 4 nitrogen and oxygen atoms in total. The van der Waals surface area contributed by atoms with Crippen LogP contribution in [-0.4, -0.2) is 25.2 Å². The van der Waals surface area contributed by atoms with Crippen LogP contribution < -0.4 is 14.8 Å². The van der Waals surface area contributed by atoms with Gasteiger partial charge in [-0.15, -0.1) is 0 Å². The standard InChI is InChI=1S/C18H27NO3/c1-6-7-14(4)19-18(20)11-9-15-8-10-16(22-13(2)3)17(12-15)21-5/h8-14H,6-7H2,1-5H3,(H,19,20)/b11-9+. The van der Waals surface area contributed by atoms with Crippen LogP contribution in [0.4, 0.5) is 0 Å². The maximum absolute atomic E-state index is 11.8. The van der Waals surface area contributed by atoms with Crippen LogP contribution in [0.1, 0.15) is 46.1 Å². The SMILES string of the molecule is CCCC(C)NC(=O)/C=C/c1ccc(OC(C)C)c(OC)c1. The molecule has 1 unspecified atom stereocenters. The first-order chi connectivity index (χ1) is 10.5. The third-order valence-corrected chi connectivity index (χ3v) is 3.09. The van der Waals surface area contributed by atoms with Crippen LogP contribution in [0.25, 0.3) is 6.08 Å². The molecule has 4 heteroatoms. The number of carbonyl (C=O) groups excluding carboxylic acids is 1. The number of hydrogen-bond acceptors (Lipinski definition) is 3. The summed E-state index contributed by atoms with van der Waals surface area (Å²) in [6, 6.07) is 5.81. The van der Waals surface area contributed by atoms with Gasteiger partial charge in [-0.1, -0.05) is 19.4 Å². The minimum atomic E-state index is -0.0811. The molecule has 122 valence electrons. The summed E-state index contributed by atoms with van der Waals surface area (Å²) >= 11 is 0. The quantitative estimate of drug-likeness (QED) is 0.743.